The van der Waals surface area contributed by atoms with E-state index in [9.17, 15) is 4.79 Å². The first-order chi connectivity index (χ1) is 14.6. The summed E-state index contributed by atoms with van der Waals surface area (Å²) in [5, 5.41) is 4.69. The van der Waals surface area contributed by atoms with Crippen molar-refractivity contribution in [2.45, 2.75) is 6.61 Å². The van der Waals surface area contributed by atoms with Gasteiger partial charge in [-0.05, 0) is 53.6 Å². The van der Waals surface area contributed by atoms with Crippen LogP contribution in [0, 0.1) is 0 Å². The number of hydrogen-bond acceptors (Lipinski definition) is 5. The van der Waals surface area contributed by atoms with Crippen molar-refractivity contribution >= 4 is 23.7 Å². The zero-order chi connectivity index (χ0) is 21.3. The Balaban J connectivity index is 1.63. The SMILES string of the molecule is COc1cc(C=NNC(=O)c2ccccc2OC)ccc1OCc1ccc(Cl)cc1. The number of hydrazone groups is 1. The van der Waals surface area contributed by atoms with Crippen LogP contribution in [0.15, 0.2) is 71.8 Å². The fourth-order valence-electron chi connectivity index (χ4n) is 2.68. The Bertz CT molecular complexity index is 1040. The molecule has 0 aliphatic heterocycles. The van der Waals surface area contributed by atoms with E-state index >= 15 is 0 Å². The summed E-state index contributed by atoms with van der Waals surface area (Å²) in [5.74, 6) is 1.28. The number of para-hydroxylation sites is 1. The van der Waals surface area contributed by atoms with E-state index in [0.717, 1.165) is 11.1 Å². The van der Waals surface area contributed by atoms with Crippen LogP contribution in [0.25, 0.3) is 0 Å². The van der Waals surface area contributed by atoms with Crippen LogP contribution >= 0.6 is 11.6 Å². The molecule has 0 heterocycles. The Kier molecular flexibility index (Phi) is 7.29. The lowest BCUT2D eigenvalue weighted by Crippen LogP contribution is -2.18. The highest BCUT2D eigenvalue weighted by molar-refractivity contribution is 6.30. The summed E-state index contributed by atoms with van der Waals surface area (Å²) in [6.07, 6.45) is 1.53. The molecule has 0 unspecified atom stereocenters. The summed E-state index contributed by atoms with van der Waals surface area (Å²) < 4.78 is 16.4. The van der Waals surface area contributed by atoms with Gasteiger partial charge in [-0.1, -0.05) is 35.9 Å². The van der Waals surface area contributed by atoms with Gasteiger partial charge < -0.3 is 14.2 Å². The maximum atomic E-state index is 12.3. The number of benzene rings is 3. The van der Waals surface area contributed by atoms with Crippen LogP contribution in [0.1, 0.15) is 21.5 Å². The highest BCUT2D eigenvalue weighted by Crippen LogP contribution is 2.28. The van der Waals surface area contributed by atoms with Gasteiger partial charge in [-0.3, -0.25) is 4.79 Å². The molecule has 0 radical (unpaired) electrons. The van der Waals surface area contributed by atoms with Crippen LogP contribution in [-0.4, -0.2) is 26.3 Å². The number of halogens is 1. The smallest absolute Gasteiger partial charge is 0.275 e. The Labute approximate surface area is 180 Å². The van der Waals surface area contributed by atoms with Crippen molar-refractivity contribution in [1.82, 2.24) is 5.43 Å². The fraction of sp³-hybridized carbons (Fsp3) is 0.130. The van der Waals surface area contributed by atoms with E-state index in [-0.39, 0.29) is 5.91 Å². The van der Waals surface area contributed by atoms with Crippen LogP contribution in [0.3, 0.4) is 0 Å². The van der Waals surface area contributed by atoms with Crippen molar-refractivity contribution in [3.8, 4) is 17.2 Å². The summed E-state index contributed by atoms with van der Waals surface area (Å²) in [4.78, 5) is 12.3. The largest absolute Gasteiger partial charge is 0.496 e. The van der Waals surface area contributed by atoms with Gasteiger partial charge in [0, 0.05) is 5.02 Å². The lowest BCUT2D eigenvalue weighted by molar-refractivity contribution is 0.0952. The van der Waals surface area contributed by atoms with Crippen LogP contribution in [0.2, 0.25) is 5.02 Å². The predicted molar refractivity (Wildman–Crippen MR) is 117 cm³/mol. The number of carbonyl (C=O) groups is 1. The van der Waals surface area contributed by atoms with Crippen molar-refractivity contribution < 1.29 is 19.0 Å². The molecule has 30 heavy (non-hydrogen) atoms. The molecule has 0 saturated heterocycles. The standard InChI is InChI=1S/C23H21ClN2O4/c1-28-20-6-4-3-5-19(20)23(27)26-25-14-17-9-12-21(22(13-17)29-2)30-15-16-7-10-18(24)11-8-16/h3-14H,15H2,1-2H3,(H,26,27). The molecule has 1 N–H and O–H groups in total. The van der Waals surface area contributed by atoms with E-state index in [1.165, 1.54) is 13.3 Å². The van der Waals surface area contributed by atoms with Crippen LogP contribution < -0.4 is 19.6 Å². The molecule has 6 nitrogen and oxygen atoms in total. The quantitative estimate of drug-likeness (QED) is 0.420. The van der Waals surface area contributed by atoms with E-state index in [2.05, 4.69) is 10.5 Å². The lowest BCUT2D eigenvalue weighted by Gasteiger charge is -2.11. The molecule has 3 aromatic carbocycles. The molecule has 7 heteroatoms. The average Bonchev–Trinajstić information content (AvgIpc) is 2.79. The number of hydrogen-bond donors (Lipinski definition) is 1. The van der Waals surface area contributed by atoms with Gasteiger partial charge in [-0.15, -0.1) is 0 Å². The van der Waals surface area contributed by atoms with Crippen molar-refractivity contribution in [2.75, 3.05) is 14.2 Å². The zero-order valence-electron chi connectivity index (χ0n) is 16.6. The first-order valence-electron chi connectivity index (χ1n) is 9.12. The predicted octanol–water partition coefficient (Wildman–Crippen LogP) is 4.70. The van der Waals surface area contributed by atoms with Crippen molar-refractivity contribution in [1.29, 1.82) is 0 Å². The second-order valence-corrected chi connectivity index (χ2v) is 6.66. The molecule has 3 rings (SSSR count). The molecule has 0 spiro atoms. The van der Waals surface area contributed by atoms with Gasteiger partial charge in [0.1, 0.15) is 12.4 Å². The molecule has 1 amide bonds. The zero-order valence-corrected chi connectivity index (χ0v) is 17.3. The summed E-state index contributed by atoms with van der Waals surface area (Å²) in [6, 6.07) is 19.8. The number of nitrogens with one attached hydrogen (secondary N) is 1. The second kappa shape index (κ2) is 10.3. The van der Waals surface area contributed by atoms with E-state index in [4.69, 9.17) is 25.8 Å². The van der Waals surface area contributed by atoms with Crippen molar-refractivity contribution in [2.24, 2.45) is 5.10 Å². The highest BCUT2D eigenvalue weighted by atomic mass is 35.5. The molecule has 0 bridgehead atoms. The third kappa shape index (κ3) is 5.52. The monoisotopic (exact) mass is 424 g/mol. The minimum atomic E-state index is -0.362. The normalized spacial score (nSPS) is 10.6. The number of nitrogens with zero attached hydrogens (tertiary/aromatic N) is 1. The molecular weight excluding hydrogens is 404 g/mol. The topological polar surface area (TPSA) is 69.2 Å². The number of methoxy groups -OCH3 is 2. The Morgan fingerprint density at radius 1 is 0.967 bits per heavy atom. The summed E-state index contributed by atoms with van der Waals surface area (Å²) in [5.41, 5.74) is 4.63. The van der Waals surface area contributed by atoms with Crippen LogP contribution in [0.5, 0.6) is 17.2 Å². The summed E-state index contributed by atoms with van der Waals surface area (Å²) in [6.45, 7) is 0.385. The van der Waals surface area contributed by atoms with Gasteiger partial charge in [0.2, 0.25) is 0 Å². The molecule has 0 aromatic heterocycles. The van der Waals surface area contributed by atoms with Crippen molar-refractivity contribution in [3.63, 3.8) is 0 Å². The first-order valence-corrected chi connectivity index (χ1v) is 9.50. The van der Waals surface area contributed by atoms with E-state index in [0.29, 0.717) is 34.4 Å². The molecule has 0 aliphatic carbocycles. The third-order valence-corrected chi connectivity index (χ3v) is 4.48. The van der Waals surface area contributed by atoms with Gasteiger partial charge in [-0.25, -0.2) is 5.43 Å². The molecule has 0 atom stereocenters. The van der Waals surface area contributed by atoms with Gasteiger partial charge >= 0.3 is 0 Å². The number of rotatable bonds is 8. The van der Waals surface area contributed by atoms with Gasteiger partial charge in [0.15, 0.2) is 11.5 Å². The second-order valence-electron chi connectivity index (χ2n) is 6.22. The van der Waals surface area contributed by atoms with Gasteiger partial charge in [0.05, 0.1) is 26.0 Å². The van der Waals surface area contributed by atoms with Crippen LogP contribution in [-0.2, 0) is 6.61 Å². The Hall–Kier alpha value is -3.51. The third-order valence-electron chi connectivity index (χ3n) is 4.23. The first kappa shape index (κ1) is 21.2. The molecule has 0 fully saturated rings. The molecular formula is C23H21ClN2O4. The van der Waals surface area contributed by atoms with Crippen molar-refractivity contribution in [3.05, 3.63) is 88.4 Å². The molecule has 154 valence electrons. The molecule has 0 saturated carbocycles. The van der Waals surface area contributed by atoms with Crippen LogP contribution in [0.4, 0.5) is 0 Å². The molecule has 3 aromatic rings. The lowest BCUT2D eigenvalue weighted by atomic mass is 10.2. The number of carbonyl (C=O) groups excluding carboxylic acids is 1. The summed E-state index contributed by atoms with van der Waals surface area (Å²) in [7, 11) is 3.08. The maximum absolute atomic E-state index is 12.3. The Morgan fingerprint density at radius 3 is 2.43 bits per heavy atom. The van der Waals surface area contributed by atoms with Gasteiger partial charge in [0.25, 0.3) is 5.91 Å². The Morgan fingerprint density at radius 2 is 1.70 bits per heavy atom. The highest BCUT2D eigenvalue weighted by Gasteiger charge is 2.10. The van der Waals surface area contributed by atoms with E-state index in [1.807, 2.05) is 30.3 Å². The van der Waals surface area contributed by atoms with E-state index in [1.54, 1.807) is 43.5 Å². The minimum absolute atomic E-state index is 0.362. The number of amides is 1. The van der Waals surface area contributed by atoms with E-state index < -0.39 is 0 Å². The summed E-state index contributed by atoms with van der Waals surface area (Å²) >= 11 is 5.90. The fourth-order valence-corrected chi connectivity index (χ4v) is 2.81. The average molecular weight is 425 g/mol. The number of ether oxygens (including phenoxy) is 3. The molecule has 0 aliphatic rings. The minimum Gasteiger partial charge on any atom is -0.496 e. The van der Waals surface area contributed by atoms with Gasteiger partial charge in [-0.2, -0.15) is 5.10 Å². The maximum Gasteiger partial charge on any atom is 0.275 e.